The van der Waals surface area contributed by atoms with Crippen molar-refractivity contribution in [1.29, 1.82) is 5.26 Å². The maximum absolute atomic E-state index is 8.83. The third-order valence-electron chi connectivity index (χ3n) is 3.03. The molecule has 0 spiro atoms. The third-order valence-corrected chi connectivity index (χ3v) is 3.87. The van der Waals surface area contributed by atoms with Crippen LogP contribution >= 0.6 is 27.5 Å². The van der Waals surface area contributed by atoms with Gasteiger partial charge in [-0.1, -0.05) is 33.6 Å². The van der Waals surface area contributed by atoms with Gasteiger partial charge in [-0.2, -0.15) is 5.26 Å². The lowest BCUT2D eigenvalue weighted by Gasteiger charge is -2.15. The van der Waals surface area contributed by atoms with Crippen LogP contribution in [0.4, 0.5) is 0 Å². The highest BCUT2D eigenvalue weighted by Gasteiger charge is 2.10. The summed E-state index contributed by atoms with van der Waals surface area (Å²) in [7, 11) is 0. The first-order chi connectivity index (χ1) is 10.0. The zero-order valence-corrected chi connectivity index (χ0v) is 13.8. The minimum Gasteiger partial charge on any atom is -0.489 e. The van der Waals surface area contributed by atoms with E-state index in [1.54, 1.807) is 18.2 Å². The van der Waals surface area contributed by atoms with Crippen molar-refractivity contribution in [2.24, 2.45) is 5.73 Å². The fourth-order valence-electron chi connectivity index (χ4n) is 1.90. The zero-order valence-electron chi connectivity index (χ0n) is 11.4. The van der Waals surface area contributed by atoms with Gasteiger partial charge in [0.05, 0.1) is 11.6 Å². The summed E-state index contributed by atoms with van der Waals surface area (Å²) < 4.78 is 6.78. The quantitative estimate of drug-likeness (QED) is 0.863. The van der Waals surface area contributed by atoms with Crippen molar-refractivity contribution in [3.05, 3.63) is 62.6 Å². The Kier molecular flexibility index (Phi) is 5.24. The Balaban J connectivity index is 2.19. The molecule has 2 rings (SSSR count). The van der Waals surface area contributed by atoms with Crippen LogP contribution in [-0.4, -0.2) is 0 Å². The van der Waals surface area contributed by atoms with E-state index in [0.717, 1.165) is 21.3 Å². The molecule has 0 saturated carbocycles. The van der Waals surface area contributed by atoms with E-state index >= 15 is 0 Å². The number of ether oxygens (including phenoxy) is 1. The van der Waals surface area contributed by atoms with Crippen molar-refractivity contribution in [3.8, 4) is 11.8 Å². The highest BCUT2D eigenvalue weighted by atomic mass is 79.9. The van der Waals surface area contributed by atoms with Crippen LogP contribution in [0.15, 0.2) is 40.9 Å². The van der Waals surface area contributed by atoms with Crippen LogP contribution in [0.2, 0.25) is 5.02 Å². The van der Waals surface area contributed by atoms with Gasteiger partial charge >= 0.3 is 0 Å². The van der Waals surface area contributed by atoms with E-state index in [4.69, 9.17) is 27.3 Å². The molecular weight excluding hydrogens is 352 g/mol. The average molecular weight is 366 g/mol. The van der Waals surface area contributed by atoms with Gasteiger partial charge in [0.15, 0.2) is 0 Å². The fourth-order valence-corrected chi connectivity index (χ4v) is 2.51. The number of benzene rings is 2. The van der Waals surface area contributed by atoms with Crippen LogP contribution in [0.1, 0.15) is 29.7 Å². The number of nitrogens with two attached hydrogens (primary N) is 1. The number of nitrogens with zero attached hydrogens (tertiary/aromatic N) is 1. The van der Waals surface area contributed by atoms with Crippen molar-refractivity contribution >= 4 is 27.5 Å². The molecular formula is C16H14BrClN2O. The van der Waals surface area contributed by atoms with E-state index in [0.29, 0.717) is 17.2 Å². The fraction of sp³-hybridized carbons (Fsp3) is 0.188. The molecule has 0 aromatic heterocycles. The molecule has 0 fully saturated rings. The van der Waals surface area contributed by atoms with Crippen molar-refractivity contribution < 1.29 is 4.74 Å². The molecule has 2 N–H and O–H groups in total. The Hall–Kier alpha value is -1.54. The summed E-state index contributed by atoms with van der Waals surface area (Å²) in [5.74, 6) is 0.730. The lowest BCUT2D eigenvalue weighted by atomic mass is 10.1. The van der Waals surface area contributed by atoms with Gasteiger partial charge in [-0.05, 0) is 37.3 Å². The van der Waals surface area contributed by atoms with E-state index in [1.807, 2.05) is 25.1 Å². The van der Waals surface area contributed by atoms with Crippen molar-refractivity contribution in [2.75, 3.05) is 0 Å². The van der Waals surface area contributed by atoms with Crippen molar-refractivity contribution in [3.63, 3.8) is 0 Å². The molecule has 0 heterocycles. The van der Waals surface area contributed by atoms with Crippen LogP contribution in [0.25, 0.3) is 0 Å². The lowest BCUT2D eigenvalue weighted by Crippen LogP contribution is -2.08. The van der Waals surface area contributed by atoms with Crippen LogP contribution in [-0.2, 0) is 6.61 Å². The van der Waals surface area contributed by atoms with E-state index in [-0.39, 0.29) is 6.04 Å². The van der Waals surface area contributed by atoms with Gasteiger partial charge < -0.3 is 10.5 Å². The van der Waals surface area contributed by atoms with E-state index in [9.17, 15) is 0 Å². The van der Waals surface area contributed by atoms with Gasteiger partial charge in [-0.3, -0.25) is 0 Å². The third kappa shape index (κ3) is 3.98. The number of halogens is 2. The Bertz CT molecular complexity index is 695. The Labute approximate surface area is 137 Å². The molecule has 0 aliphatic heterocycles. The van der Waals surface area contributed by atoms with Gasteiger partial charge in [0.25, 0.3) is 0 Å². The van der Waals surface area contributed by atoms with E-state index in [1.165, 1.54) is 0 Å². The van der Waals surface area contributed by atoms with Crippen LogP contribution in [0.3, 0.4) is 0 Å². The molecule has 0 aliphatic rings. The largest absolute Gasteiger partial charge is 0.489 e. The minimum absolute atomic E-state index is 0.131. The SMILES string of the molecule is CC(N)c1cc(Br)ccc1OCc1ccc(C#N)cc1Cl. The molecule has 0 radical (unpaired) electrons. The summed E-state index contributed by atoms with van der Waals surface area (Å²) >= 11 is 9.56. The van der Waals surface area contributed by atoms with E-state index in [2.05, 4.69) is 22.0 Å². The second kappa shape index (κ2) is 6.95. The first-order valence-electron chi connectivity index (χ1n) is 6.37. The molecule has 3 nitrogen and oxygen atoms in total. The molecule has 2 aromatic rings. The molecule has 0 aliphatic carbocycles. The monoisotopic (exact) mass is 364 g/mol. The predicted molar refractivity (Wildman–Crippen MR) is 87.2 cm³/mol. The maximum atomic E-state index is 8.83. The molecule has 5 heteroatoms. The van der Waals surface area contributed by atoms with Gasteiger partial charge in [-0.15, -0.1) is 0 Å². The highest BCUT2D eigenvalue weighted by molar-refractivity contribution is 9.10. The Morgan fingerprint density at radius 2 is 2.10 bits per heavy atom. The Morgan fingerprint density at radius 1 is 1.33 bits per heavy atom. The smallest absolute Gasteiger partial charge is 0.124 e. The number of nitriles is 1. The van der Waals surface area contributed by atoms with Crippen LogP contribution in [0, 0.1) is 11.3 Å². The second-order valence-electron chi connectivity index (χ2n) is 4.68. The molecule has 2 aromatic carbocycles. The van der Waals surface area contributed by atoms with Gasteiger partial charge in [-0.25, -0.2) is 0 Å². The lowest BCUT2D eigenvalue weighted by molar-refractivity contribution is 0.301. The molecule has 0 saturated heterocycles. The number of hydrogen-bond donors (Lipinski definition) is 1. The van der Waals surface area contributed by atoms with Crippen molar-refractivity contribution in [1.82, 2.24) is 0 Å². The maximum Gasteiger partial charge on any atom is 0.124 e. The van der Waals surface area contributed by atoms with Gasteiger partial charge in [0, 0.05) is 26.7 Å². The first kappa shape index (κ1) is 15.8. The summed E-state index contributed by atoms with van der Waals surface area (Å²) in [6.45, 7) is 2.23. The predicted octanol–water partition coefficient (Wildman–Crippen LogP) is 4.57. The van der Waals surface area contributed by atoms with Gasteiger partial charge in [0.1, 0.15) is 12.4 Å². The highest BCUT2D eigenvalue weighted by Crippen LogP contribution is 2.29. The summed E-state index contributed by atoms with van der Waals surface area (Å²) in [5, 5.41) is 9.35. The van der Waals surface area contributed by atoms with E-state index < -0.39 is 0 Å². The molecule has 108 valence electrons. The summed E-state index contributed by atoms with van der Waals surface area (Å²) in [5.41, 5.74) is 8.24. The molecule has 1 atom stereocenters. The Morgan fingerprint density at radius 3 is 2.71 bits per heavy atom. The standard InChI is InChI=1S/C16H14BrClN2O/c1-10(20)14-7-13(17)4-5-16(14)21-9-12-3-2-11(8-19)6-15(12)18/h2-7,10H,9,20H2,1H3. The molecule has 0 bridgehead atoms. The first-order valence-corrected chi connectivity index (χ1v) is 7.54. The summed E-state index contributed by atoms with van der Waals surface area (Å²) in [6, 6.07) is 12.8. The molecule has 1 unspecified atom stereocenters. The average Bonchev–Trinajstić information content (AvgIpc) is 2.46. The normalized spacial score (nSPS) is 11.8. The minimum atomic E-state index is -0.131. The van der Waals surface area contributed by atoms with Crippen molar-refractivity contribution in [2.45, 2.75) is 19.6 Å². The second-order valence-corrected chi connectivity index (χ2v) is 6.00. The molecule has 21 heavy (non-hydrogen) atoms. The van der Waals surface area contributed by atoms with Crippen LogP contribution < -0.4 is 10.5 Å². The number of hydrogen-bond acceptors (Lipinski definition) is 3. The van der Waals surface area contributed by atoms with Crippen LogP contribution in [0.5, 0.6) is 5.75 Å². The summed E-state index contributed by atoms with van der Waals surface area (Å²) in [4.78, 5) is 0. The topological polar surface area (TPSA) is 59.0 Å². The zero-order chi connectivity index (χ0) is 15.4. The summed E-state index contributed by atoms with van der Waals surface area (Å²) in [6.07, 6.45) is 0. The number of rotatable bonds is 4. The van der Waals surface area contributed by atoms with Gasteiger partial charge in [0.2, 0.25) is 0 Å². The molecule has 0 amide bonds.